The third-order valence-corrected chi connectivity index (χ3v) is 4.64. The van der Waals surface area contributed by atoms with Crippen LogP contribution < -0.4 is 10.1 Å². The highest BCUT2D eigenvalue weighted by atomic mass is 35.5. The van der Waals surface area contributed by atoms with E-state index < -0.39 is 4.92 Å². The summed E-state index contributed by atoms with van der Waals surface area (Å²) >= 11 is 5.96. The van der Waals surface area contributed by atoms with E-state index >= 15 is 0 Å². The second-order valence-corrected chi connectivity index (χ2v) is 7.37. The number of non-ortho nitro benzene ring substituents is 1. The fourth-order valence-corrected chi connectivity index (χ4v) is 3.23. The number of ether oxygens (including phenoxy) is 1. The van der Waals surface area contributed by atoms with Gasteiger partial charge in [-0.05, 0) is 50.6 Å². The molecule has 0 saturated heterocycles. The predicted octanol–water partition coefficient (Wildman–Crippen LogP) is 5.19. The third kappa shape index (κ3) is 5.36. The number of nitrogens with one attached hydrogen (secondary N) is 1. The first-order valence-corrected chi connectivity index (χ1v) is 9.63. The Morgan fingerprint density at radius 2 is 1.97 bits per heavy atom. The van der Waals surface area contributed by atoms with E-state index in [-0.39, 0.29) is 29.5 Å². The van der Waals surface area contributed by atoms with Gasteiger partial charge in [-0.15, -0.1) is 0 Å². The number of amides is 1. The van der Waals surface area contributed by atoms with Gasteiger partial charge in [-0.25, -0.2) is 0 Å². The van der Waals surface area contributed by atoms with Gasteiger partial charge in [0.15, 0.2) is 0 Å². The first-order chi connectivity index (χ1) is 14.2. The zero-order valence-corrected chi connectivity index (χ0v) is 17.6. The van der Waals surface area contributed by atoms with Gasteiger partial charge in [-0.2, -0.15) is 5.10 Å². The number of benzene rings is 2. The van der Waals surface area contributed by atoms with E-state index in [2.05, 4.69) is 10.4 Å². The number of hydrogen-bond donors (Lipinski definition) is 1. The summed E-state index contributed by atoms with van der Waals surface area (Å²) in [4.78, 5) is 23.1. The molecule has 0 bridgehead atoms. The fourth-order valence-electron chi connectivity index (χ4n) is 3.01. The van der Waals surface area contributed by atoms with Crippen molar-refractivity contribution in [3.8, 4) is 11.5 Å². The van der Waals surface area contributed by atoms with Crippen LogP contribution in [0.5, 0.6) is 11.5 Å². The van der Waals surface area contributed by atoms with Gasteiger partial charge >= 0.3 is 0 Å². The molecule has 1 amide bonds. The number of anilines is 1. The number of nitro groups is 1. The highest BCUT2D eigenvalue weighted by Crippen LogP contribution is 2.32. The molecule has 1 N–H and O–H groups in total. The maximum absolute atomic E-state index is 12.4. The molecule has 0 spiro atoms. The Balaban J connectivity index is 1.75. The molecule has 0 saturated carbocycles. The Hall–Kier alpha value is -3.39. The lowest BCUT2D eigenvalue weighted by atomic mass is 10.2. The molecule has 30 heavy (non-hydrogen) atoms. The monoisotopic (exact) mass is 428 g/mol. The highest BCUT2D eigenvalue weighted by molar-refractivity contribution is 6.30. The molecule has 0 aliphatic carbocycles. The van der Waals surface area contributed by atoms with E-state index in [1.165, 1.54) is 12.1 Å². The van der Waals surface area contributed by atoms with E-state index in [0.29, 0.717) is 17.3 Å². The van der Waals surface area contributed by atoms with Gasteiger partial charge in [-0.1, -0.05) is 11.6 Å². The summed E-state index contributed by atoms with van der Waals surface area (Å²) < 4.78 is 7.55. The molecule has 0 aliphatic heterocycles. The number of hydrogen-bond acceptors (Lipinski definition) is 5. The first kappa shape index (κ1) is 21.3. The molecule has 3 aromatic rings. The molecule has 0 unspecified atom stereocenters. The first-order valence-electron chi connectivity index (χ1n) is 9.25. The number of rotatable bonds is 7. The molecule has 0 aliphatic rings. The van der Waals surface area contributed by atoms with Crippen LogP contribution in [0.25, 0.3) is 0 Å². The summed E-state index contributed by atoms with van der Waals surface area (Å²) in [5.41, 5.74) is 2.72. The summed E-state index contributed by atoms with van der Waals surface area (Å²) in [6, 6.07) is 11.2. The van der Waals surface area contributed by atoms with Crippen LogP contribution in [0.4, 0.5) is 11.4 Å². The molecule has 0 fully saturated rings. The maximum atomic E-state index is 12.4. The molecule has 0 radical (unpaired) electrons. The van der Waals surface area contributed by atoms with Crippen molar-refractivity contribution in [1.29, 1.82) is 0 Å². The number of carbonyl (C=O) groups is 1. The molecule has 1 aromatic heterocycles. The summed E-state index contributed by atoms with van der Waals surface area (Å²) in [7, 11) is 0. The standard InChI is InChI=1S/C21H21ClN4O4/c1-13-8-16(22)4-5-20(13)30-19-11-17(10-18(12-19)26(28)29)23-21(27)6-7-25-15(3)9-14(2)24-25/h4-5,8-12H,6-7H2,1-3H3,(H,23,27). The largest absolute Gasteiger partial charge is 0.457 e. The van der Waals surface area contributed by atoms with Gasteiger partial charge in [0.2, 0.25) is 5.91 Å². The second-order valence-electron chi connectivity index (χ2n) is 6.93. The van der Waals surface area contributed by atoms with Crippen molar-refractivity contribution in [2.24, 2.45) is 0 Å². The Bertz CT molecular complexity index is 1110. The van der Waals surface area contributed by atoms with Crippen LogP contribution in [0.3, 0.4) is 0 Å². The van der Waals surface area contributed by atoms with E-state index in [1.54, 1.807) is 28.9 Å². The van der Waals surface area contributed by atoms with Gasteiger partial charge in [0.25, 0.3) is 5.69 Å². The summed E-state index contributed by atoms with van der Waals surface area (Å²) in [5, 5.41) is 18.9. The van der Waals surface area contributed by atoms with Crippen LogP contribution in [-0.2, 0) is 11.3 Å². The van der Waals surface area contributed by atoms with Crippen LogP contribution in [0.15, 0.2) is 42.5 Å². The highest BCUT2D eigenvalue weighted by Gasteiger charge is 2.14. The van der Waals surface area contributed by atoms with Crippen molar-refractivity contribution in [1.82, 2.24) is 9.78 Å². The van der Waals surface area contributed by atoms with E-state index in [9.17, 15) is 14.9 Å². The molecular weight excluding hydrogens is 408 g/mol. The minimum Gasteiger partial charge on any atom is -0.457 e. The van der Waals surface area contributed by atoms with Crippen molar-refractivity contribution in [3.63, 3.8) is 0 Å². The Kier molecular flexibility index (Phi) is 6.37. The zero-order valence-electron chi connectivity index (χ0n) is 16.8. The number of aryl methyl sites for hydroxylation is 4. The molecule has 3 rings (SSSR count). The van der Waals surface area contributed by atoms with Crippen molar-refractivity contribution in [2.45, 2.75) is 33.7 Å². The number of nitrogens with zero attached hydrogens (tertiary/aromatic N) is 3. The molecular formula is C21H21ClN4O4. The van der Waals surface area contributed by atoms with Crippen LogP contribution in [-0.4, -0.2) is 20.6 Å². The normalized spacial score (nSPS) is 10.7. The smallest absolute Gasteiger partial charge is 0.275 e. The zero-order chi connectivity index (χ0) is 21.8. The van der Waals surface area contributed by atoms with Gasteiger partial charge in [0.05, 0.1) is 22.4 Å². The molecule has 1 heterocycles. The molecule has 156 valence electrons. The van der Waals surface area contributed by atoms with Crippen molar-refractivity contribution < 1.29 is 14.5 Å². The number of halogens is 1. The van der Waals surface area contributed by atoms with Crippen LogP contribution >= 0.6 is 11.6 Å². The van der Waals surface area contributed by atoms with Gasteiger partial charge in [-0.3, -0.25) is 19.6 Å². The second kappa shape index (κ2) is 8.96. The molecule has 8 nitrogen and oxygen atoms in total. The minimum absolute atomic E-state index is 0.178. The Labute approximate surface area is 178 Å². The quantitative estimate of drug-likeness (QED) is 0.412. The average molecular weight is 429 g/mol. The lowest BCUT2D eigenvalue weighted by Crippen LogP contribution is -2.15. The molecule has 2 aromatic carbocycles. The van der Waals surface area contributed by atoms with E-state index in [0.717, 1.165) is 17.0 Å². The van der Waals surface area contributed by atoms with Crippen LogP contribution in [0.2, 0.25) is 5.02 Å². The summed E-state index contributed by atoms with van der Waals surface area (Å²) in [5.74, 6) is 0.474. The summed E-state index contributed by atoms with van der Waals surface area (Å²) in [6.07, 6.45) is 0.178. The van der Waals surface area contributed by atoms with Gasteiger partial charge in [0.1, 0.15) is 11.5 Å². The SMILES string of the molecule is Cc1cc(C)n(CCC(=O)Nc2cc(Oc3ccc(Cl)cc3C)cc([N+](=O)[O-])c2)n1. The maximum Gasteiger partial charge on any atom is 0.275 e. The predicted molar refractivity (Wildman–Crippen MR) is 114 cm³/mol. The van der Waals surface area contributed by atoms with Crippen molar-refractivity contribution in [3.05, 3.63) is 74.6 Å². The minimum atomic E-state index is -0.535. The lowest BCUT2D eigenvalue weighted by molar-refractivity contribution is -0.384. The molecule has 9 heteroatoms. The summed E-state index contributed by atoms with van der Waals surface area (Å²) in [6.45, 7) is 6.03. The van der Waals surface area contributed by atoms with E-state index in [4.69, 9.17) is 16.3 Å². The van der Waals surface area contributed by atoms with Gasteiger partial charge < -0.3 is 10.1 Å². The van der Waals surface area contributed by atoms with Crippen molar-refractivity contribution in [2.75, 3.05) is 5.32 Å². The number of nitro benzene ring substituents is 1. The van der Waals surface area contributed by atoms with Crippen molar-refractivity contribution >= 4 is 28.9 Å². The van der Waals surface area contributed by atoms with E-state index in [1.807, 2.05) is 26.8 Å². The lowest BCUT2D eigenvalue weighted by Gasteiger charge is -2.11. The number of carbonyl (C=O) groups excluding carboxylic acids is 1. The Morgan fingerprint density at radius 3 is 2.60 bits per heavy atom. The van der Waals surface area contributed by atoms with Crippen LogP contribution in [0.1, 0.15) is 23.4 Å². The topological polar surface area (TPSA) is 99.3 Å². The Morgan fingerprint density at radius 1 is 1.20 bits per heavy atom. The average Bonchev–Trinajstić information content (AvgIpc) is 2.99. The van der Waals surface area contributed by atoms with Gasteiger partial charge in [0, 0.05) is 35.8 Å². The number of aromatic nitrogens is 2. The fraction of sp³-hybridized carbons (Fsp3) is 0.238. The molecule has 0 atom stereocenters. The van der Waals surface area contributed by atoms with Crippen LogP contribution in [0, 0.1) is 30.9 Å². The third-order valence-electron chi connectivity index (χ3n) is 4.40.